The molecule has 2 heterocycles. The van der Waals surface area contributed by atoms with Gasteiger partial charge in [0.1, 0.15) is 12.3 Å². The molecule has 0 saturated carbocycles. The van der Waals surface area contributed by atoms with Crippen molar-refractivity contribution in [3.05, 3.63) is 66.6 Å². The van der Waals surface area contributed by atoms with Crippen LogP contribution in [0.5, 0.6) is 0 Å². The highest BCUT2D eigenvalue weighted by Crippen LogP contribution is 2.32. The van der Waals surface area contributed by atoms with Gasteiger partial charge in [-0.15, -0.1) is 0 Å². The average molecular weight is 376 g/mol. The Bertz CT molecular complexity index is 843. The molecule has 1 aliphatic rings. The molecule has 1 saturated heterocycles. The van der Waals surface area contributed by atoms with E-state index in [0.717, 1.165) is 42.0 Å². The maximum absolute atomic E-state index is 12.1. The number of hydrogen-bond donors (Lipinski definition) is 1. The van der Waals surface area contributed by atoms with Crippen LogP contribution in [0, 0.1) is 0 Å². The summed E-state index contributed by atoms with van der Waals surface area (Å²) in [7, 11) is 0. The molecule has 5 nitrogen and oxygen atoms in total. The summed E-state index contributed by atoms with van der Waals surface area (Å²) in [5.41, 5.74) is 2.76. The largest absolute Gasteiger partial charge is 0.464 e. The fraction of sp³-hybridized carbons (Fsp3) is 0.304. The van der Waals surface area contributed by atoms with Gasteiger partial charge in [0.15, 0.2) is 11.7 Å². The van der Waals surface area contributed by atoms with E-state index >= 15 is 0 Å². The first-order valence-corrected chi connectivity index (χ1v) is 9.79. The van der Waals surface area contributed by atoms with Crippen molar-refractivity contribution in [2.24, 2.45) is 0 Å². The summed E-state index contributed by atoms with van der Waals surface area (Å²) >= 11 is 0. The zero-order valence-electron chi connectivity index (χ0n) is 15.8. The van der Waals surface area contributed by atoms with Crippen LogP contribution in [0.1, 0.15) is 25.2 Å². The lowest BCUT2D eigenvalue weighted by atomic mass is 10.1. The number of aromatic nitrogens is 1. The number of esters is 1. The van der Waals surface area contributed by atoms with Crippen molar-refractivity contribution in [1.82, 2.24) is 10.3 Å². The minimum Gasteiger partial charge on any atom is -0.464 e. The second-order valence-corrected chi connectivity index (χ2v) is 6.99. The van der Waals surface area contributed by atoms with E-state index in [1.165, 1.54) is 0 Å². The molecule has 1 aliphatic heterocycles. The van der Waals surface area contributed by atoms with Gasteiger partial charge in [0, 0.05) is 23.6 Å². The third-order valence-electron chi connectivity index (χ3n) is 4.91. The van der Waals surface area contributed by atoms with Crippen LogP contribution < -0.4 is 5.32 Å². The number of nitrogens with one attached hydrogen (secondary N) is 1. The minimum absolute atomic E-state index is 0.213. The van der Waals surface area contributed by atoms with Crippen molar-refractivity contribution in [2.45, 2.75) is 31.7 Å². The predicted molar refractivity (Wildman–Crippen MR) is 108 cm³/mol. The summed E-state index contributed by atoms with van der Waals surface area (Å²) in [5.74, 6) is 1.06. The van der Waals surface area contributed by atoms with Gasteiger partial charge in [0.05, 0.1) is 6.42 Å². The fourth-order valence-corrected chi connectivity index (χ4v) is 3.42. The van der Waals surface area contributed by atoms with E-state index in [2.05, 4.69) is 10.3 Å². The number of aryl methyl sites for hydroxylation is 1. The van der Waals surface area contributed by atoms with E-state index in [4.69, 9.17) is 9.15 Å². The zero-order valence-corrected chi connectivity index (χ0v) is 15.8. The Balaban J connectivity index is 1.47. The van der Waals surface area contributed by atoms with Crippen molar-refractivity contribution >= 4 is 5.97 Å². The van der Waals surface area contributed by atoms with Gasteiger partial charge >= 0.3 is 5.97 Å². The molecule has 0 amide bonds. The van der Waals surface area contributed by atoms with Crippen LogP contribution in [0.25, 0.3) is 22.6 Å². The van der Waals surface area contributed by atoms with Gasteiger partial charge in [0.2, 0.25) is 0 Å². The van der Waals surface area contributed by atoms with Gasteiger partial charge in [-0.1, -0.05) is 60.7 Å². The minimum atomic E-state index is -0.213. The quantitative estimate of drug-likeness (QED) is 0.625. The SMILES string of the molecule is O=C(CCc1nc(-c2ccccc2)c(-c2ccccc2)o1)OCC1CCCN1. The van der Waals surface area contributed by atoms with Gasteiger partial charge in [-0.3, -0.25) is 4.79 Å². The molecule has 1 atom stereocenters. The van der Waals surface area contributed by atoms with Crippen molar-refractivity contribution in [3.8, 4) is 22.6 Å². The Morgan fingerprint density at radius 1 is 1.07 bits per heavy atom. The molecule has 1 aromatic heterocycles. The Kier molecular flexibility index (Phi) is 5.83. The first-order chi connectivity index (χ1) is 13.8. The van der Waals surface area contributed by atoms with Crippen LogP contribution in [-0.4, -0.2) is 30.1 Å². The molecule has 4 rings (SSSR count). The highest BCUT2D eigenvalue weighted by Gasteiger charge is 2.19. The number of carbonyl (C=O) groups is 1. The second-order valence-electron chi connectivity index (χ2n) is 6.99. The van der Waals surface area contributed by atoms with E-state index in [0.29, 0.717) is 25.0 Å². The highest BCUT2D eigenvalue weighted by molar-refractivity contribution is 5.77. The van der Waals surface area contributed by atoms with E-state index in [9.17, 15) is 4.79 Å². The Morgan fingerprint density at radius 3 is 2.46 bits per heavy atom. The first-order valence-electron chi connectivity index (χ1n) is 9.79. The molecule has 2 aromatic carbocycles. The van der Waals surface area contributed by atoms with Gasteiger partial charge < -0.3 is 14.5 Å². The first kappa shape index (κ1) is 18.4. The van der Waals surface area contributed by atoms with Crippen LogP contribution >= 0.6 is 0 Å². The molecule has 0 aliphatic carbocycles. The molecule has 144 valence electrons. The van der Waals surface area contributed by atoms with Crippen LogP contribution in [0.3, 0.4) is 0 Å². The molecular formula is C23H24N2O3. The lowest BCUT2D eigenvalue weighted by Crippen LogP contribution is -2.28. The van der Waals surface area contributed by atoms with Crippen molar-refractivity contribution in [1.29, 1.82) is 0 Å². The lowest BCUT2D eigenvalue weighted by Gasteiger charge is -2.10. The number of rotatable bonds is 7. The number of carbonyl (C=O) groups excluding carboxylic acids is 1. The maximum Gasteiger partial charge on any atom is 0.306 e. The fourth-order valence-electron chi connectivity index (χ4n) is 3.42. The Morgan fingerprint density at radius 2 is 1.79 bits per heavy atom. The number of oxazole rings is 1. The van der Waals surface area contributed by atoms with Crippen LogP contribution in [0.4, 0.5) is 0 Å². The smallest absolute Gasteiger partial charge is 0.306 e. The third kappa shape index (κ3) is 4.49. The molecule has 0 radical (unpaired) electrons. The van der Waals surface area contributed by atoms with Gasteiger partial charge in [-0.2, -0.15) is 0 Å². The van der Waals surface area contributed by atoms with Crippen LogP contribution in [-0.2, 0) is 16.0 Å². The average Bonchev–Trinajstić information content (AvgIpc) is 3.42. The summed E-state index contributed by atoms with van der Waals surface area (Å²) < 4.78 is 11.4. The summed E-state index contributed by atoms with van der Waals surface area (Å²) in [4.78, 5) is 16.8. The van der Waals surface area contributed by atoms with E-state index in [-0.39, 0.29) is 12.4 Å². The maximum atomic E-state index is 12.1. The summed E-state index contributed by atoms with van der Waals surface area (Å²) in [6, 6.07) is 20.2. The van der Waals surface area contributed by atoms with Crippen molar-refractivity contribution in [3.63, 3.8) is 0 Å². The molecule has 28 heavy (non-hydrogen) atoms. The van der Waals surface area contributed by atoms with Gasteiger partial charge in [0.25, 0.3) is 0 Å². The Labute approximate surface area is 164 Å². The van der Waals surface area contributed by atoms with Gasteiger partial charge in [-0.05, 0) is 19.4 Å². The summed E-state index contributed by atoms with van der Waals surface area (Å²) in [6.07, 6.45) is 2.89. The van der Waals surface area contributed by atoms with E-state index < -0.39 is 0 Å². The molecule has 5 heteroatoms. The van der Waals surface area contributed by atoms with E-state index in [1.807, 2.05) is 60.7 Å². The standard InChI is InChI=1S/C23H24N2O3/c26-21(27-16-19-12-7-15-24-19)14-13-20-25-22(17-8-3-1-4-9-17)23(28-20)18-10-5-2-6-11-18/h1-6,8-11,19,24H,7,12-16H2. The van der Waals surface area contributed by atoms with Crippen LogP contribution in [0.2, 0.25) is 0 Å². The number of nitrogens with zero attached hydrogens (tertiary/aromatic N) is 1. The number of benzene rings is 2. The third-order valence-corrected chi connectivity index (χ3v) is 4.91. The highest BCUT2D eigenvalue weighted by atomic mass is 16.5. The predicted octanol–water partition coefficient (Wildman–Crippen LogP) is 4.24. The monoisotopic (exact) mass is 376 g/mol. The van der Waals surface area contributed by atoms with Crippen molar-refractivity contribution in [2.75, 3.05) is 13.2 Å². The normalized spacial score (nSPS) is 16.2. The molecule has 1 fully saturated rings. The van der Waals surface area contributed by atoms with Crippen molar-refractivity contribution < 1.29 is 13.9 Å². The zero-order chi connectivity index (χ0) is 19.2. The molecular weight excluding hydrogens is 352 g/mol. The number of ether oxygens (including phenoxy) is 1. The molecule has 1 unspecified atom stereocenters. The Hall–Kier alpha value is -2.92. The summed E-state index contributed by atoms with van der Waals surface area (Å²) in [5, 5.41) is 3.32. The second kappa shape index (κ2) is 8.85. The molecule has 3 aromatic rings. The van der Waals surface area contributed by atoms with E-state index in [1.54, 1.807) is 0 Å². The van der Waals surface area contributed by atoms with Gasteiger partial charge in [-0.25, -0.2) is 4.98 Å². The summed E-state index contributed by atoms with van der Waals surface area (Å²) in [6.45, 7) is 1.44. The molecule has 0 spiro atoms. The molecule has 0 bridgehead atoms. The number of hydrogen-bond acceptors (Lipinski definition) is 5. The lowest BCUT2D eigenvalue weighted by molar-refractivity contribution is -0.144. The topological polar surface area (TPSA) is 64.4 Å². The van der Waals surface area contributed by atoms with Crippen LogP contribution in [0.15, 0.2) is 65.1 Å². The molecule has 1 N–H and O–H groups in total.